The molecule has 0 aliphatic rings. The third kappa shape index (κ3) is 4.03. The van der Waals surface area contributed by atoms with Crippen LogP contribution in [0.3, 0.4) is 0 Å². The lowest BCUT2D eigenvalue weighted by molar-refractivity contribution is 0.770. The van der Waals surface area contributed by atoms with Gasteiger partial charge in [-0.3, -0.25) is 0 Å². The van der Waals surface area contributed by atoms with Crippen LogP contribution >= 0.6 is 0 Å². The van der Waals surface area contributed by atoms with Crippen LogP contribution in [0.5, 0.6) is 0 Å². The fraction of sp³-hybridized carbons (Fsp3) is 0.444. The number of hydrogen-bond acceptors (Lipinski definition) is 3. The van der Waals surface area contributed by atoms with Crippen molar-refractivity contribution in [1.82, 2.24) is 9.97 Å². The standard InChI is InChI=1S/C18H25N3/c1-6-7-8-21(17-11-13(2)9-15(4)19-17)18-12-14(3)10-16(5)20-18/h9-12H,6-8H2,1-5H3. The Hall–Kier alpha value is -1.90. The quantitative estimate of drug-likeness (QED) is 0.800. The van der Waals surface area contributed by atoms with Crippen LogP contribution in [0.2, 0.25) is 0 Å². The van der Waals surface area contributed by atoms with Crippen LogP contribution in [0.1, 0.15) is 42.3 Å². The van der Waals surface area contributed by atoms with Crippen molar-refractivity contribution in [2.45, 2.75) is 47.5 Å². The van der Waals surface area contributed by atoms with Crippen molar-refractivity contribution in [1.29, 1.82) is 0 Å². The molecule has 112 valence electrons. The van der Waals surface area contributed by atoms with Crippen molar-refractivity contribution in [3.63, 3.8) is 0 Å². The van der Waals surface area contributed by atoms with E-state index in [2.05, 4.69) is 49.9 Å². The van der Waals surface area contributed by atoms with Gasteiger partial charge in [0.05, 0.1) is 0 Å². The van der Waals surface area contributed by atoms with Crippen molar-refractivity contribution in [3.05, 3.63) is 46.8 Å². The summed E-state index contributed by atoms with van der Waals surface area (Å²) in [5.41, 5.74) is 4.58. The molecular weight excluding hydrogens is 258 g/mol. The molecular formula is C18H25N3. The Balaban J connectivity index is 2.46. The zero-order chi connectivity index (χ0) is 15.4. The number of hydrogen-bond donors (Lipinski definition) is 0. The van der Waals surface area contributed by atoms with Crippen LogP contribution in [0.4, 0.5) is 11.6 Å². The smallest absolute Gasteiger partial charge is 0.134 e. The second-order valence-corrected chi connectivity index (χ2v) is 5.79. The molecule has 0 radical (unpaired) electrons. The number of aryl methyl sites for hydroxylation is 4. The van der Waals surface area contributed by atoms with E-state index in [0.717, 1.165) is 42.4 Å². The third-order valence-corrected chi connectivity index (χ3v) is 3.46. The van der Waals surface area contributed by atoms with Gasteiger partial charge in [-0.1, -0.05) is 13.3 Å². The molecule has 0 saturated carbocycles. The summed E-state index contributed by atoms with van der Waals surface area (Å²) in [5.74, 6) is 2.00. The molecule has 2 rings (SSSR count). The molecule has 0 fully saturated rings. The highest BCUT2D eigenvalue weighted by Gasteiger charge is 2.13. The Bertz CT molecular complexity index is 528. The molecule has 3 heteroatoms. The highest BCUT2D eigenvalue weighted by Crippen LogP contribution is 2.25. The zero-order valence-electron chi connectivity index (χ0n) is 13.8. The van der Waals surface area contributed by atoms with Crippen molar-refractivity contribution >= 4 is 11.6 Å². The average molecular weight is 283 g/mol. The highest BCUT2D eigenvalue weighted by molar-refractivity contribution is 5.58. The molecule has 0 amide bonds. The highest BCUT2D eigenvalue weighted by atomic mass is 15.2. The van der Waals surface area contributed by atoms with Gasteiger partial charge in [-0.05, 0) is 69.5 Å². The van der Waals surface area contributed by atoms with E-state index in [-0.39, 0.29) is 0 Å². The minimum atomic E-state index is 0.947. The topological polar surface area (TPSA) is 29.0 Å². The first-order valence-corrected chi connectivity index (χ1v) is 7.67. The first-order chi connectivity index (χ1) is 9.99. The lowest BCUT2D eigenvalue weighted by atomic mass is 10.2. The number of nitrogens with zero attached hydrogens (tertiary/aromatic N) is 3. The van der Waals surface area contributed by atoms with Gasteiger partial charge >= 0.3 is 0 Å². The maximum absolute atomic E-state index is 4.71. The van der Waals surface area contributed by atoms with Gasteiger partial charge < -0.3 is 4.90 Å². The SMILES string of the molecule is CCCCN(c1cc(C)cc(C)n1)c1cc(C)cc(C)n1. The van der Waals surface area contributed by atoms with Crippen LogP contribution in [0.25, 0.3) is 0 Å². The van der Waals surface area contributed by atoms with Gasteiger partial charge in [-0.25, -0.2) is 9.97 Å². The Morgan fingerprint density at radius 1 is 0.810 bits per heavy atom. The van der Waals surface area contributed by atoms with E-state index in [1.165, 1.54) is 11.1 Å². The summed E-state index contributed by atoms with van der Waals surface area (Å²) in [6, 6.07) is 8.50. The third-order valence-electron chi connectivity index (χ3n) is 3.46. The predicted octanol–water partition coefficient (Wildman–Crippen LogP) is 4.65. The predicted molar refractivity (Wildman–Crippen MR) is 89.3 cm³/mol. The van der Waals surface area contributed by atoms with E-state index in [1.807, 2.05) is 13.8 Å². The molecule has 0 aliphatic carbocycles. The molecule has 0 saturated heterocycles. The fourth-order valence-corrected chi connectivity index (χ4v) is 2.58. The summed E-state index contributed by atoms with van der Waals surface area (Å²) in [7, 11) is 0. The summed E-state index contributed by atoms with van der Waals surface area (Å²) in [6.07, 6.45) is 2.29. The van der Waals surface area contributed by atoms with Crippen molar-refractivity contribution in [3.8, 4) is 0 Å². The largest absolute Gasteiger partial charge is 0.311 e. The van der Waals surface area contributed by atoms with Crippen LogP contribution in [0, 0.1) is 27.7 Å². The molecule has 21 heavy (non-hydrogen) atoms. The average Bonchev–Trinajstić information content (AvgIpc) is 2.37. The van der Waals surface area contributed by atoms with E-state index in [4.69, 9.17) is 9.97 Å². The number of unbranched alkanes of at least 4 members (excludes halogenated alkanes) is 1. The van der Waals surface area contributed by atoms with Gasteiger partial charge in [0.25, 0.3) is 0 Å². The summed E-state index contributed by atoms with van der Waals surface area (Å²) in [4.78, 5) is 11.7. The Morgan fingerprint density at radius 2 is 1.29 bits per heavy atom. The molecule has 0 aliphatic heterocycles. The first kappa shape index (κ1) is 15.5. The van der Waals surface area contributed by atoms with E-state index in [1.54, 1.807) is 0 Å². The molecule has 0 spiro atoms. The minimum Gasteiger partial charge on any atom is -0.311 e. The molecule has 3 nitrogen and oxygen atoms in total. The van der Waals surface area contributed by atoms with Crippen molar-refractivity contribution < 1.29 is 0 Å². The van der Waals surface area contributed by atoms with Gasteiger partial charge in [0, 0.05) is 17.9 Å². The van der Waals surface area contributed by atoms with Gasteiger partial charge in [0.1, 0.15) is 11.6 Å². The summed E-state index contributed by atoms with van der Waals surface area (Å²) in [6.45, 7) is 11.5. The van der Waals surface area contributed by atoms with Crippen LogP contribution < -0.4 is 4.90 Å². The molecule has 2 aromatic rings. The molecule has 2 heterocycles. The van der Waals surface area contributed by atoms with Crippen molar-refractivity contribution in [2.75, 3.05) is 11.4 Å². The zero-order valence-corrected chi connectivity index (χ0v) is 13.8. The first-order valence-electron chi connectivity index (χ1n) is 7.67. The van der Waals surface area contributed by atoms with Gasteiger partial charge in [-0.15, -0.1) is 0 Å². The summed E-state index contributed by atoms with van der Waals surface area (Å²) in [5, 5.41) is 0. The fourth-order valence-electron chi connectivity index (χ4n) is 2.58. The lowest BCUT2D eigenvalue weighted by Gasteiger charge is -2.24. The van der Waals surface area contributed by atoms with E-state index < -0.39 is 0 Å². The number of rotatable bonds is 5. The monoisotopic (exact) mass is 283 g/mol. The van der Waals surface area contributed by atoms with E-state index >= 15 is 0 Å². The molecule has 0 atom stereocenters. The second-order valence-electron chi connectivity index (χ2n) is 5.79. The van der Waals surface area contributed by atoms with Crippen molar-refractivity contribution in [2.24, 2.45) is 0 Å². The molecule has 0 aromatic carbocycles. The molecule has 0 unspecified atom stereocenters. The number of aromatic nitrogens is 2. The normalized spacial score (nSPS) is 10.7. The Morgan fingerprint density at radius 3 is 1.67 bits per heavy atom. The number of pyridine rings is 2. The molecule has 0 bridgehead atoms. The van der Waals surface area contributed by atoms with Crippen LogP contribution in [0.15, 0.2) is 24.3 Å². The Labute approximate surface area is 128 Å². The minimum absolute atomic E-state index is 0.947. The Kier molecular flexibility index (Phi) is 4.94. The summed E-state index contributed by atoms with van der Waals surface area (Å²) < 4.78 is 0. The maximum Gasteiger partial charge on any atom is 0.134 e. The molecule has 0 N–H and O–H groups in total. The summed E-state index contributed by atoms with van der Waals surface area (Å²) >= 11 is 0. The molecule has 2 aromatic heterocycles. The second kappa shape index (κ2) is 6.70. The lowest BCUT2D eigenvalue weighted by Crippen LogP contribution is -2.21. The maximum atomic E-state index is 4.71. The van der Waals surface area contributed by atoms with E-state index in [9.17, 15) is 0 Å². The van der Waals surface area contributed by atoms with Gasteiger partial charge in [0.2, 0.25) is 0 Å². The van der Waals surface area contributed by atoms with E-state index in [0.29, 0.717) is 0 Å². The van der Waals surface area contributed by atoms with Gasteiger partial charge in [-0.2, -0.15) is 0 Å². The van der Waals surface area contributed by atoms with Crippen LogP contribution in [-0.2, 0) is 0 Å². The van der Waals surface area contributed by atoms with Gasteiger partial charge in [0.15, 0.2) is 0 Å². The van der Waals surface area contributed by atoms with Crippen LogP contribution in [-0.4, -0.2) is 16.5 Å². The number of anilines is 2.